The van der Waals surface area contributed by atoms with Gasteiger partial charge in [-0.15, -0.1) is 0 Å². The first-order chi connectivity index (χ1) is 26.8. The predicted octanol–water partition coefficient (Wildman–Crippen LogP) is 7.52. The summed E-state index contributed by atoms with van der Waals surface area (Å²) in [6, 6.07) is 13.8. The van der Waals surface area contributed by atoms with Gasteiger partial charge in [-0.1, -0.05) is 17.3 Å². The molecule has 0 aliphatic rings. The maximum absolute atomic E-state index is 14.0. The van der Waals surface area contributed by atoms with Gasteiger partial charge in [0.05, 0.1) is 45.2 Å². The SMILES string of the molecule is COc1ccc(CCc2nc3cc(-c4c(C)noc4C)cnc3n2CC(C)O)cc1F.COc1ccc(CCc2nc3cc(Br)cnc3n2CC(C)O)cc1F. The summed E-state index contributed by atoms with van der Waals surface area (Å²) in [6.07, 6.45) is 4.84. The third-order valence-corrected chi connectivity index (χ3v) is 9.65. The average Bonchev–Trinajstić information content (AvgIpc) is 3.80. The predicted molar refractivity (Wildman–Crippen MR) is 212 cm³/mol. The van der Waals surface area contributed by atoms with Crippen molar-refractivity contribution < 1.29 is 33.0 Å². The zero-order chi connectivity index (χ0) is 40.1. The molecule has 0 aliphatic carbocycles. The lowest BCUT2D eigenvalue weighted by Gasteiger charge is -2.11. The molecule has 5 aromatic heterocycles. The molecular weight excluding hydrogens is 788 g/mol. The highest BCUT2D eigenvalue weighted by atomic mass is 79.9. The number of fused-ring (bicyclic) bond motifs is 2. The highest BCUT2D eigenvalue weighted by Crippen LogP contribution is 2.29. The van der Waals surface area contributed by atoms with E-state index in [1.54, 1.807) is 38.4 Å². The van der Waals surface area contributed by atoms with Crippen molar-refractivity contribution in [2.24, 2.45) is 0 Å². The molecule has 0 fully saturated rings. The first-order valence-electron chi connectivity index (χ1n) is 18.1. The lowest BCUT2D eigenvalue weighted by atomic mass is 10.1. The average molecular weight is 833 g/mol. The van der Waals surface area contributed by atoms with E-state index in [0.717, 1.165) is 66.5 Å². The molecule has 0 saturated heterocycles. The number of ether oxygens (including phenoxy) is 2. The van der Waals surface area contributed by atoms with Crippen molar-refractivity contribution in [2.75, 3.05) is 14.2 Å². The number of aliphatic hydroxyl groups is 2. The van der Waals surface area contributed by atoms with Gasteiger partial charge in [-0.25, -0.2) is 28.7 Å². The van der Waals surface area contributed by atoms with Gasteiger partial charge in [0, 0.05) is 40.8 Å². The summed E-state index contributed by atoms with van der Waals surface area (Å²) in [5.41, 5.74) is 7.24. The molecule has 0 aliphatic heterocycles. The molecule has 0 spiro atoms. The van der Waals surface area contributed by atoms with Crippen LogP contribution in [0.1, 0.15) is 48.1 Å². The Balaban J connectivity index is 0.000000194. The molecule has 2 unspecified atom stereocenters. The van der Waals surface area contributed by atoms with E-state index >= 15 is 0 Å². The monoisotopic (exact) mass is 831 g/mol. The maximum atomic E-state index is 14.0. The zero-order valence-corrected chi connectivity index (χ0v) is 33.6. The van der Waals surface area contributed by atoms with E-state index < -0.39 is 12.2 Å². The smallest absolute Gasteiger partial charge is 0.165 e. The van der Waals surface area contributed by atoms with Crippen molar-refractivity contribution in [3.63, 3.8) is 0 Å². The molecule has 15 heteroatoms. The Kier molecular flexibility index (Phi) is 12.8. The van der Waals surface area contributed by atoms with Gasteiger partial charge in [-0.3, -0.25) is 0 Å². The van der Waals surface area contributed by atoms with E-state index in [0.29, 0.717) is 44.4 Å². The molecule has 0 bridgehead atoms. The molecule has 2 aromatic carbocycles. The van der Waals surface area contributed by atoms with E-state index in [1.165, 1.54) is 26.4 Å². The second kappa shape index (κ2) is 17.7. The standard InChI is InChI=1S/C23H25FN4O3.C18H19BrFN3O2/c1-13(29)12-28-21(8-6-16-5-7-20(30-4)18(24)9-16)26-19-10-17(11-25-23(19)28)22-14(2)27-31-15(22)3;1-11(24)10-23-17(22-15-8-13(19)9-21-18(15)23)6-4-12-3-5-16(25-2)14(20)7-12/h5,7,9-11,13,29H,6,8,12H2,1-4H3;3,5,7-9,11,24H,4,6,10H2,1-2H3. The van der Waals surface area contributed by atoms with Crippen LogP contribution in [-0.2, 0) is 38.8 Å². The number of hydrogen-bond acceptors (Lipinski definition) is 10. The number of imidazole rings is 2. The number of pyridine rings is 2. The van der Waals surface area contributed by atoms with Gasteiger partial charge in [-0.05, 0) is 104 Å². The Hall–Kier alpha value is -5.25. The first-order valence-corrected chi connectivity index (χ1v) is 18.9. The second-order valence-corrected chi connectivity index (χ2v) is 14.6. The summed E-state index contributed by atoms with van der Waals surface area (Å²) in [7, 11) is 2.89. The Bertz CT molecular complexity index is 2440. The molecular formula is C41H44BrF2N7O5. The van der Waals surface area contributed by atoms with Crippen LogP contribution >= 0.6 is 15.9 Å². The van der Waals surface area contributed by atoms with Crippen LogP contribution < -0.4 is 9.47 Å². The third-order valence-electron chi connectivity index (χ3n) is 9.22. The zero-order valence-electron chi connectivity index (χ0n) is 32.1. The molecule has 5 heterocycles. The largest absolute Gasteiger partial charge is 0.494 e. The van der Waals surface area contributed by atoms with Crippen LogP contribution in [0, 0.1) is 25.5 Å². The van der Waals surface area contributed by atoms with Crippen LogP contribution in [0.15, 0.2) is 69.9 Å². The number of nitrogens with zero attached hydrogens (tertiary/aromatic N) is 7. The number of aryl methyl sites for hydroxylation is 6. The summed E-state index contributed by atoms with van der Waals surface area (Å²) in [5, 5.41) is 23.8. The van der Waals surface area contributed by atoms with E-state index in [4.69, 9.17) is 19.0 Å². The number of halogens is 3. The maximum Gasteiger partial charge on any atom is 0.165 e. The quantitative estimate of drug-likeness (QED) is 0.120. The van der Waals surface area contributed by atoms with Gasteiger partial charge >= 0.3 is 0 Å². The van der Waals surface area contributed by atoms with Crippen LogP contribution in [-0.4, -0.2) is 70.9 Å². The Labute approximate surface area is 331 Å². The van der Waals surface area contributed by atoms with Crippen LogP contribution in [0.25, 0.3) is 33.5 Å². The van der Waals surface area contributed by atoms with Crippen LogP contribution in [0.5, 0.6) is 11.5 Å². The lowest BCUT2D eigenvalue weighted by Crippen LogP contribution is -2.15. The molecule has 12 nitrogen and oxygen atoms in total. The highest BCUT2D eigenvalue weighted by Gasteiger charge is 2.19. The number of rotatable bonds is 13. The van der Waals surface area contributed by atoms with Gasteiger partial charge in [-0.2, -0.15) is 0 Å². The number of methoxy groups -OCH3 is 2. The molecule has 0 amide bonds. The second-order valence-electron chi connectivity index (χ2n) is 13.7. The van der Waals surface area contributed by atoms with Crippen LogP contribution in [0.2, 0.25) is 0 Å². The van der Waals surface area contributed by atoms with Crippen molar-refractivity contribution >= 4 is 38.3 Å². The Morgan fingerprint density at radius 2 is 1.23 bits per heavy atom. The highest BCUT2D eigenvalue weighted by molar-refractivity contribution is 9.10. The molecule has 7 rings (SSSR count). The van der Waals surface area contributed by atoms with Crippen molar-refractivity contribution in [1.82, 2.24) is 34.2 Å². The van der Waals surface area contributed by atoms with Crippen molar-refractivity contribution in [3.05, 3.63) is 111 Å². The molecule has 7 aromatic rings. The lowest BCUT2D eigenvalue weighted by molar-refractivity contribution is 0.173. The van der Waals surface area contributed by atoms with Gasteiger partial charge in [0.1, 0.15) is 28.4 Å². The Morgan fingerprint density at radius 1 is 0.732 bits per heavy atom. The van der Waals surface area contributed by atoms with Crippen LogP contribution in [0.3, 0.4) is 0 Å². The minimum absolute atomic E-state index is 0.223. The fraction of sp³-hybridized carbons (Fsp3) is 0.341. The van der Waals surface area contributed by atoms with Crippen LogP contribution in [0.4, 0.5) is 8.78 Å². The summed E-state index contributed by atoms with van der Waals surface area (Å²) in [5.74, 6) is 2.03. The number of hydrogen-bond donors (Lipinski definition) is 2. The van der Waals surface area contributed by atoms with E-state index in [-0.39, 0.29) is 23.1 Å². The molecule has 294 valence electrons. The number of aromatic nitrogens is 7. The normalized spacial score (nSPS) is 12.5. The minimum Gasteiger partial charge on any atom is -0.494 e. The van der Waals surface area contributed by atoms with Crippen molar-refractivity contribution in [2.45, 2.75) is 78.7 Å². The first kappa shape index (κ1) is 40.4. The molecule has 0 radical (unpaired) electrons. The van der Waals surface area contributed by atoms with Crippen molar-refractivity contribution in [3.8, 4) is 22.6 Å². The van der Waals surface area contributed by atoms with E-state index in [1.807, 2.05) is 47.2 Å². The van der Waals surface area contributed by atoms with Gasteiger partial charge in [0.15, 0.2) is 34.4 Å². The molecule has 2 atom stereocenters. The minimum atomic E-state index is -0.557. The molecule has 56 heavy (non-hydrogen) atoms. The summed E-state index contributed by atoms with van der Waals surface area (Å²) < 4.78 is 47.8. The fourth-order valence-electron chi connectivity index (χ4n) is 6.66. The van der Waals surface area contributed by atoms with Gasteiger partial charge in [0.2, 0.25) is 0 Å². The van der Waals surface area contributed by atoms with Gasteiger partial charge < -0.3 is 33.3 Å². The van der Waals surface area contributed by atoms with E-state index in [9.17, 15) is 19.0 Å². The fourth-order valence-corrected chi connectivity index (χ4v) is 6.98. The van der Waals surface area contributed by atoms with Crippen molar-refractivity contribution in [1.29, 1.82) is 0 Å². The van der Waals surface area contributed by atoms with E-state index in [2.05, 4.69) is 36.0 Å². The molecule has 0 saturated carbocycles. The summed E-state index contributed by atoms with van der Waals surface area (Å²) >= 11 is 3.40. The topological polar surface area (TPSA) is 146 Å². The Morgan fingerprint density at radius 3 is 1.68 bits per heavy atom. The number of aliphatic hydroxyl groups excluding tert-OH is 2. The third kappa shape index (κ3) is 9.23. The summed E-state index contributed by atoms with van der Waals surface area (Å²) in [6.45, 7) is 8.00. The van der Waals surface area contributed by atoms with Gasteiger partial charge in [0.25, 0.3) is 0 Å². The number of benzene rings is 2. The summed E-state index contributed by atoms with van der Waals surface area (Å²) in [4.78, 5) is 18.5. The molecule has 2 N–H and O–H groups in total.